The molecule has 2 atom stereocenters. The summed E-state index contributed by atoms with van der Waals surface area (Å²) in [5.74, 6) is -0.545. The molecule has 5 heteroatoms. The second kappa shape index (κ2) is 9.58. The maximum absolute atomic E-state index is 12.7. The van der Waals surface area contributed by atoms with Gasteiger partial charge in [0.05, 0.1) is 18.4 Å². The second-order valence-electron chi connectivity index (χ2n) is 7.84. The molecule has 1 aromatic carbocycles. The van der Waals surface area contributed by atoms with E-state index in [1.54, 1.807) is 13.0 Å². The number of hydrogen-bond acceptors (Lipinski definition) is 5. The fraction of sp³-hybridized carbons (Fsp3) is 0.478. The summed E-state index contributed by atoms with van der Waals surface area (Å²) in [6.45, 7) is 10.6. The Morgan fingerprint density at radius 2 is 1.96 bits per heavy atom. The van der Waals surface area contributed by atoms with Gasteiger partial charge in [-0.3, -0.25) is 4.79 Å². The topological polar surface area (TPSA) is 61.8 Å². The SMILES string of the molecule is CCOC(=O)/C(=C/OC(C=C(C)C)OC=O)C1CCC(C)(C)c2ccccc21. The summed E-state index contributed by atoms with van der Waals surface area (Å²) < 4.78 is 15.9. The molecular formula is C23H30O5. The molecule has 2 rings (SSSR count). The van der Waals surface area contributed by atoms with Gasteiger partial charge in [-0.05, 0) is 56.2 Å². The van der Waals surface area contributed by atoms with Crippen LogP contribution in [0.25, 0.3) is 0 Å². The molecule has 1 aromatic rings. The fourth-order valence-electron chi connectivity index (χ4n) is 3.60. The molecule has 0 N–H and O–H groups in total. The highest BCUT2D eigenvalue weighted by Gasteiger charge is 2.36. The zero-order valence-electron chi connectivity index (χ0n) is 17.4. The maximum Gasteiger partial charge on any atom is 0.337 e. The molecule has 152 valence electrons. The van der Waals surface area contributed by atoms with Gasteiger partial charge in [0.25, 0.3) is 12.8 Å². The standard InChI is InChI=1S/C23H30O5/c1-6-26-22(25)19(14-27-21(28-15-24)13-16(2)3)17-11-12-23(4,5)20-10-8-7-9-18(17)20/h7-10,13-15,17,21H,6,11-12H2,1-5H3/b19-14+. The predicted molar refractivity (Wildman–Crippen MR) is 108 cm³/mol. The molecular weight excluding hydrogens is 356 g/mol. The molecule has 1 aliphatic rings. The number of fused-ring (bicyclic) bond motifs is 1. The van der Waals surface area contributed by atoms with E-state index in [0.717, 1.165) is 24.0 Å². The summed E-state index contributed by atoms with van der Waals surface area (Å²) in [7, 11) is 0. The Kier molecular flexibility index (Phi) is 7.44. The number of allylic oxidation sites excluding steroid dienone is 1. The number of ether oxygens (including phenoxy) is 3. The van der Waals surface area contributed by atoms with Crippen LogP contribution in [0.5, 0.6) is 0 Å². The predicted octanol–water partition coefficient (Wildman–Crippen LogP) is 4.77. The van der Waals surface area contributed by atoms with Crippen molar-refractivity contribution in [2.24, 2.45) is 0 Å². The molecule has 0 fully saturated rings. The molecule has 0 aliphatic heterocycles. The molecule has 1 aliphatic carbocycles. The van der Waals surface area contributed by atoms with Crippen molar-refractivity contribution >= 4 is 12.4 Å². The van der Waals surface area contributed by atoms with Crippen molar-refractivity contribution in [3.63, 3.8) is 0 Å². The highest BCUT2D eigenvalue weighted by Crippen LogP contribution is 2.45. The largest absolute Gasteiger partial charge is 0.463 e. The van der Waals surface area contributed by atoms with Gasteiger partial charge in [-0.15, -0.1) is 0 Å². The van der Waals surface area contributed by atoms with Gasteiger partial charge in [-0.2, -0.15) is 0 Å². The number of rotatable bonds is 8. The van der Waals surface area contributed by atoms with Gasteiger partial charge in [0.2, 0.25) is 0 Å². The fourth-order valence-corrected chi connectivity index (χ4v) is 3.60. The normalized spacial score (nSPS) is 19.0. The Labute approximate surface area is 167 Å². The van der Waals surface area contributed by atoms with Crippen molar-refractivity contribution in [2.45, 2.75) is 65.1 Å². The van der Waals surface area contributed by atoms with Crippen LogP contribution in [-0.4, -0.2) is 25.3 Å². The smallest absolute Gasteiger partial charge is 0.337 e. The van der Waals surface area contributed by atoms with Crippen LogP contribution in [0.3, 0.4) is 0 Å². The molecule has 0 aromatic heterocycles. The second-order valence-corrected chi connectivity index (χ2v) is 7.84. The first-order valence-electron chi connectivity index (χ1n) is 9.66. The van der Waals surface area contributed by atoms with Crippen molar-refractivity contribution in [1.29, 1.82) is 0 Å². The average molecular weight is 386 g/mol. The summed E-state index contributed by atoms with van der Waals surface area (Å²) in [4.78, 5) is 23.5. The molecule has 0 amide bonds. The lowest BCUT2D eigenvalue weighted by Gasteiger charge is -2.37. The third-order valence-electron chi connectivity index (χ3n) is 5.00. The zero-order valence-corrected chi connectivity index (χ0v) is 17.4. The first kappa shape index (κ1) is 21.7. The van der Waals surface area contributed by atoms with Gasteiger partial charge in [0.15, 0.2) is 0 Å². The van der Waals surface area contributed by atoms with Crippen LogP contribution in [0.1, 0.15) is 64.5 Å². The van der Waals surface area contributed by atoms with Crippen LogP contribution in [-0.2, 0) is 29.2 Å². The van der Waals surface area contributed by atoms with Crippen molar-refractivity contribution in [2.75, 3.05) is 6.61 Å². The van der Waals surface area contributed by atoms with E-state index in [1.807, 2.05) is 26.0 Å². The quantitative estimate of drug-likeness (QED) is 0.161. The molecule has 0 spiro atoms. The monoisotopic (exact) mass is 386 g/mol. The van der Waals surface area contributed by atoms with Crippen LogP contribution in [0.15, 0.2) is 47.7 Å². The minimum Gasteiger partial charge on any atom is -0.463 e. The van der Waals surface area contributed by atoms with Crippen molar-refractivity contribution < 1.29 is 23.8 Å². The highest BCUT2D eigenvalue weighted by atomic mass is 16.7. The lowest BCUT2D eigenvalue weighted by molar-refractivity contribution is -0.146. The van der Waals surface area contributed by atoms with E-state index in [2.05, 4.69) is 26.0 Å². The Morgan fingerprint density at radius 1 is 1.25 bits per heavy atom. The number of benzene rings is 1. The van der Waals surface area contributed by atoms with Crippen LogP contribution in [0.4, 0.5) is 0 Å². The molecule has 0 bridgehead atoms. The Balaban J connectivity index is 2.42. The average Bonchev–Trinajstić information content (AvgIpc) is 2.63. The number of esters is 1. The van der Waals surface area contributed by atoms with Gasteiger partial charge in [0.1, 0.15) is 0 Å². The summed E-state index contributed by atoms with van der Waals surface area (Å²) in [6, 6.07) is 8.18. The van der Waals surface area contributed by atoms with Crippen molar-refractivity contribution in [3.05, 3.63) is 58.9 Å². The molecule has 2 unspecified atom stereocenters. The van der Waals surface area contributed by atoms with Gasteiger partial charge < -0.3 is 14.2 Å². The highest BCUT2D eigenvalue weighted by molar-refractivity contribution is 5.90. The van der Waals surface area contributed by atoms with Crippen LogP contribution in [0.2, 0.25) is 0 Å². The number of hydrogen-bond donors (Lipinski definition) is 0. The summed E-state index contributed by atoms with van der Waals surface area (Å²) in [6.07, 6.45) is 3.92. The van der Waals surface area contributed by atoms with E-state index >= 15 is 0 Å². The minimum atomic E-state index is -0.887. The lowest BCUT2D eigenvalue weighted by Crippen LogP contribution is -2.29. The Hall–Kier alpha value is -2.56. The molecule has 0 heterocycles. The third kappa shape index (κ3) is 5.24. The van der Waals surface area contributed by atoms with Crippen molar-refractivity contribution in [1.82, 2.24) is 0 Å². The van der Waals surface area contributed by atoms with Crippen LogP contribution >= 0.6 is 0 Å². The Morgan fingerprint density at radius 3 is 2.61 bits per heavy atom. The zero-order chi connectivity index (χ0) is 20.7. The van der Waals surface area contributed by atoms with Crippen LogP contribution in [0, 0.1) is 0 Å². The maximum atomic E-state index is 12.7. The summed E-state index contributed by atoms with van der Waals surface area (Å²) in [5, 5.41) is 0. The molecule has 0 radical (unpaired) electrons. The number of carbonyl (C=O) groups is 2. The van der Waals surface area contributed by atoms with E-state index in [0.29, 0.717) is 12.0 Å². The van der Waals surface area contributed by atoms with E-state index in [9.17, 15) is 9.59 Å². The molecule has 0 saturated heterocycles. The Bertz CT molecular complexity index is 756. The van der Waals surface area contributed by atoms with Crippen molar-refractivity contribution in [3.8, 4) is 0 Å². The molecule has 5 nitrogen and oxygen atoms in total. The van der Waals surface area contributed by atoms with Gasteiger partial charge in [0, 0.05) is 5.92 Å². The first-order chi connectivity index (χ1) is 13.3. The van der Waals surface area contributed by atoms with E-state index < -0.39 is 12.3 Å². The van der Waals surface area contributed by atoms with E-state index in [4.69, 9.17) is 14.2 Å². The number of carbonyl (C=O) groups excluding carboxylic acids is 2. The van der Waals surface area contributed by atoms with Gasteiger partial charge in [-0.1, -0.05) is 43.7 Å². The van der Waals surface area contributed by atoms with Crippen LogP contribution < -0.4 is 0 Å². The molecule has 0 saturated carbocycles. The lowest BCUT2D eigenvalue weighted by atomic mass is 9.67. The first-order valence-corrected chi connectivity index (χ1v) is 9.66. The minimum absolute atomic E-state index is 0.0406. The van der Waals surface area contributed by atoms with Gasteiger partial charge in [-0.25, -0.2) is 4.79 Å². The van der Waals surface area contributed by atoms with E-state index in [1.165, 1.54) is 11.8 Å². The van der Waals surface area contributed by atoms with E-state index in [-0.39, 0.29) is 17.9 Å². The third-order valence-corrected chi connectivity index (χ3v) is 5.00. The molecule has 28 heavy (non-hydrogen) atoms. The summed E-state index contributed by atoms with van der Waals surface area (Å²) in [5.41, 5.74) is 3.75. The van der Waals surface area contributed by atoms with Gasteiger partial charge >= 0.3 is 5.97 Å². The summed E-state index contributed by atoms with van der Waals surface area (Å²) >= 11 is 0.